The number of nitrogens with one attached hydrogen (secondary N) is 2. The minimum atomic E-state index is -3.43. The van der Waals surface area contributed by atoms with Gasteiger partial charge >= 0.3 is 0 Å². The van der Waals surface area contributed by atoms with Gasteiger partial charge in [0, 0.05) is 28.1 Å². The van der Waals surface area contributed by atoms with E-state index in [1.165, 1.54) is 29.1 Å². The van der Waals surface area contributed by atoms with Gasteiger partial charge in [0.2, 0.25) is 0 Å². The third-order valence-corrected chi connectivity index (χ3v) is 6.50. The van der Waals surface area contributed by atoms with Crippen LogP contribution in [0.3, 0.4) is 0 Å². The largest absolute Gasteiger partial charge is 0.343 e. The second kappa shape index (κ2) is 8.22. The van der Waals surface area contributed by atoms with Crippen molar-refractivity contribution in [1.29, 1.82) is 0 Å². The summed E-state index contributed by atoms with van der Waals surface area (Å²) in [6.45, 7) is 4.45. The molecule has 0 fully saturated rings. The fourth-order valence-corrected chi connectivity index (χ4v) is 4.31. The van der Waals surface area contributed by atoms with Crippen LogP contribution in [0.15, 0.2) is 52.7 Å². The van der Waals surface area contributed by atoms with E-state index in [0.29, 0.717) is 12.1 Å². The molecule has 29 heavy (non-hydrogen) atoms. The number of aryl methyl sites for hydroxylation is 1. The molecule has 2 amide bonds. The molecule has 2 aromatic heterocycles. The molecule has 9 heteroatoms. The average Bonchev–Trinajstić information content (AvgIpc) is 3.29. The Labute approximate surface area is 173 Å². The van der Waals surface area contributed by atoms with Crippen LogP contribution in [0.1, 0.15) is 37.0 Å². The Morgan fingerprint density at radius 3 is 2.41 bits per heavy atom. The lowest BCUT2D eigenvalue weighted by Gasteiger charge is -2.10. The molecule has 0 radical (unpaired) electrons. The number of carbonyl (C=O) groups is 2. The molecule has 0 atom stereocenters. The molecule has 2 heterocycles. The molecule has 0 aliphatic rings. The molecule has 1 aromatic carbocycles. The Kier molecular flexibility index (Phi) is 5.90. The average molecular weight is 432 g/mol. The summed E-state index contributed by atoms with van der Waals surface area (Å²) in [5.74, 6) is -1.04. The van der Waals surface area contributed by atoms with Crippen LogP contribution in [0, 0.1) is 13.8 Å². The summed E-state index contributed by atoms with van der Waals surface area (Å²) in [7, 11) is -3.43. The molecule has 7 nitrogen and oxygen atoms in total. The summed E-state index contributed by atoms with van der Waals surface area (Å²) in [5, 5.41) is 2.01. The highest BCUT2D eigenvalue weighted by molar-refractivity contribution is 7.90. The van der Waals surface area contributed by atoms with E-state index in [-0.39, 0.29) is 10.5 Å². The van der Waals surface area contributed by atoms with Crippen molar-refractivity contribution in [3.8, 4) is 0 Å². The van der Waals surface area contributed by atoms with Crippen LogP contribution in [-0.4, -0.2) is 31.1 Å². The van der Waals surface area contributed by atoms with Crippen molar-refractivity contribution in [3.05, 3.63) is 75.2 Å². The summed E-state index contributed by atoms with van der Waals surface area (Å²) < 4.78 is 25.3. The molecule has 0 aliphatic carbocycles. The standard InChI is InChI=1S/C20H21N3O4S2/c1-13-10-18(14(2)23(13)12-16-7-5-9-28-16)20(25)22-21-19(24)15-6-4-8-17(11-15)29(3,26)27/h4-11H,12H2,1-3H3,(H,21,24)(H,22,25). The quantitative estimate of drug-likeness (QED) is 0.607. The van der Waals surface area contributed by atoms with Crippen molar-refractivity contribution >= 4 is 33.0 Å². The van der Waals surface area contributed by atoms with Crippen LogP contribution in [0.2, 0.25) is 0 Å². The van der Waals surface area contributed by atoms with Gasteiger partial charge in [-0.25, -0.2) is 8.42 Å². The van der Waals surface area contributed by atoms with Gasteiger partial charge in [-0.05, 0) is 49.6 Å². The number of hydrazine groups is 1. The lowest BCUT2D eigenvalue weighted by molar-refractivity contribution is 0.0846. The summed E-state index contributed by atoms with van der Waals surface area (Å²) in [5.41, 5.74) is 7.06. The first kappa shape index (κ1) is 20.8. The van der Waals surface area contributed by atoms with Crippen LogP contribution in [0.25, 0.3) is 0 Å². The molecule has 0 bridgehead atoms. The molecular weight excluding hydrogens is 410 g/mol. The van der Waals surface area contributed by atoms with Gasteiger partial charge in [0.1, 0.15) is 0 Å². The minimum absolute atomic E-state index is 0.0357. The van der Waals surface area contributed by atoms with Gasteiger partial charge in [-0.2, -0.15) is 0 Å². The first-order chi connectivity index (χ1) is 13.7. The second-order valence-corrected chi connectivity index (χ2v) is 9.71. The zero-order valence-corrected chi connectivity index (χ0v) is 17.9. The maximum absolute atomic E-state index is 12.6. The van der Waals surface area contributed by atoms with Crippen molar-refractivity contribution in [2.75, 3.05) is 6.26 Å². The van der Waals surface area contributed by atoms with Crippen molar-refractivity contribution in [3.63, 3.8) is 0 Å². The number of carbonyl (C=O) groups excluding carboxylic acids is 2. The van der Waals surface area contributed by atoms with E-state index in [0.717, 1.165) is 17.6 Å². The second-order valence-electron chi connectivity index (χ2n) is 6.66. The fraction of sp³-hybridized carbons (Fsp3) is 0.200. The predicted octanol–water partition coefficient (Wildman–Crippen LogP) is 2.69. The Morgan fingerprint density at radius 2 is 1.76 bits per heavy atom. The van der Waals surface area contributed by atoms with Gasteiger partial charge in [0.15, 0.2) is 9.84 Å². The Bertz CT molecular complexity index is 1160. The van der Waals surface area contributed by atoms with Crippen LogP contribution in [-0.2, 0) is 16.4 Å². The van der Waals surface area contributed by atoms with Gasteiger partial charge < -0.3 is 4.57 Å². The minimum Gasteiger partial charge on any atom is -0.343 e. The van der Waals surface area contributed by atoms with Crippen molar-refractivity contribution in [1.82, 2.24) is 15.4 Å². The number of aromatic nitrogens is 1. The van der Waals surface area contributed by atoms with E-state index < -0.39 is 21.7 Å². The first-order valence-corrected chi connectivity index (χ1v) is 11.5. The maximum Gasteiger partial charge on any atom is 0.271 e. The SMILES string of the molecule is Cc1cc(C(=O)NNC(=O)c2cccc(S(C)(=O)=O)c2)c(C)n1Cc1cccs1. The summed E-state index contributed by atoms with van der Waals surface area (Å²) in [6, 6.07) is 11.4. The molecule has 0 aliphatic heterocycles. The molecule has 0 saturated carbocycles. The normalized spacial score (nSPS) is 11.3. The number of nitrogens with zero attached hydrogens (tertiary/aromatic N) is 1. The van der Waals surface area contributed by atoms with Gasteiger partial charge in [-0.3, -0.25) is 20.4 Å². The third-order valence-electron chi connectivity index (χ3n) is 4.53. The molecule has 152 valence electrons. The zero-order valence-electron chi connectivity index (χ0n) is 16.2. The number of hydrogen-bond acceptors (Lipinski definition) is 5. The number of rotatable bonds is 5. The molecular formula is C20H21N3O4S2. The summed E-state index contributed by atoms with van der Waals surface area (Å²) in [4.78, 5) is 26.1. The molecule has 0 spiro atoms. The number of thiophene rings is 1. The van der Waals surface area contributed by atoms with Gasteiger partial charge in [-0.1, -0.05) is 12.1 Å². The maximum atomic E-state index is 12.6. The smallest absolute Gasteiger partial charge is 0.271 e. The van der Waals surface area contributed by atoms with E-state index in [1.54, 1.807) is 17.4 Å². The summed E-state index contributed by atoms with van der Waals surface area (Å²) in [6.07, 6.45) is 1.07. The molecule has 3 rings (SSSR count). The van der Waals surface area contributed by atoms with E-state index in [2.05, 4.69) is 10.9 Å². The topological polar surface area (TPSA) is 97.3 Å². The van der Waals surface area contributed by atoms with Crippen LogP contribution >= 0.6 is 11.3 Å². The number of benzene rings is 1. The van der Waals surface area contributed by atoms with E-state index in [1.807, 2.05) is 35.9 Å². The monoisotopic (exact) mass is 431 g/mol. The molecule has 0 saturated heterocycles. The van der Waals surface area contributed by atoms with Gasteiger partial charge in [0.05, 0.1) is 17.0 Å². The highest BCUT2D eigenvalue weighted by Crippen LogP contribution is 2.19. The summed E-state index contributed by atoms with van der Waals surface area (Å²) >= 11 is 1.65. The van der Waals surface area contributed by atoms with Crippen LogP contribution in [0.4, 0.5) is 0 Å². The molecule has 3 aromatic rings. The van der Waals surface area contributed by atoms with Crippen LogP contribution in [0.5, 0.6) is 0 Å². The number of amides is 2. The van der Waals surface area contributed by atoms with Crippen molar-refractivity contribution < 1.29 is 18.0 Å². The predicted molar refractivity (Wildman–Crippen MR) is 112 cm³/mol. The first-order valence-electron chi connectivity index (χ1n) is 8.76. The molecule has 0 unspecified atom stereocenters. The molecule has 2 N–H and O–H groups in total. The highest BCUT2D eigenvalue weighted by atomic mass is 32.2. The Balaban J connectivity index is 1.70. The van der Waals surface area contributed by atoms with Gasteiger partial charge in [0.25, 0.3) is 11.8 Å². The van der Waals surface area contributed by atoms with E-state index in [9.17, 15) is 18.0 Å². The Morgan fingerprint density at radius 1 is 1.03 bits per heavy atom. The van der Waals surface area contributed by atoms with Crippen molar-refractivity contribution in [2.24, 2.45) is 0 Å². The van der Waals surface area contributed by atoms with Crippen molar-refractivity contribution in [2.45, 2.75) is 25.3 Å². The lowest BCUT2D eigenvalue weighted by Crippen LogP contribution is -2.41. The number of hydrogen-bond donors (Lipinski definition) is 2. The Hall–Kier alpha value is -2.91. The van der Waals surface area contributed by atoms with E-state index in [4.69, 9.17) is 0 Å². The fourth-order valence-electron chi connectivity index (χ4n) is 2.95. The zero-order chi connectivity index (χ0) is 21.2. The third kappa shape index (κ3) is 4.75. The lowest BCUT2D eigenvalue weighted by atomic mass is 10.2. The van der Waals surface area contributed by atoms with Gasteiger partial charge in [-0.15, -0.1) is 11.3 Å². The highest BCUT2D eigenvalue weighted by Gasteiger charge is 2.17. The number of sulfone groups is 1. The van der Waals surface area contributed by atoms with Crippen LogP contribution < -0.4 is 10.9 Å². The van der Waals surface area contributed by atoms with E-state index >= 15 is 0 Å².